The molecule has 0 fully saturated rings. The van der Waals surface area contributed by atoms with Crippen LogP contribution in [0.15, 0.2) is 36.4 Å². The van der Waals surface area contributed by atoms with Crippen LogP contribution in [-0.2, 0) is 6.54 Å². The summed E-state index contributed by atoms with van der Waals surface area (Å²) in [4.78, 5) is 0. The average molecular weight is 186 g/mol. The Labute approximate surface area is 84.9 Å². The van der Waals surface area contributed by atoms with Crippen LogP contribution in [0, 0.1) is 11.3 Å². The van der Waals surface area contributed by atoms with Gasteiger partial charge in [0.2, 0.25) is 0 Å². The molecule has 0 aliphatic rings. The van der Waals surface area contributed by atoms with E-state index in [1.807, 2.05) is 31.2 Å². The largest absolute Gasteiger partial charge is 0.309 e. The summed E-state index contributed by atoms with van der Waals surface area (Å²) in [6, 6.07) is 9.68. The Kier molecular flexibility index (Phi) is 3.90. The summed E-state index contributed by atoms with van der Waals surface area (Å²) in [6.45, 7) is 7.45. The van der Waals surface area contributed by atoms with Gasteiger partial charge in [0.1, 0.15) is 0 Å². The molecular formula is C12H14N2. The second kappa shape index (κ2) is 5.21. The molecule has 72 valence electrons. The van der Waals surface area contributed by atoms with Crippen LogP contribution in [0.2, 0.25) is 0 Å². The molecule has 2 heteroatoms. The normalized spacial score (nSPS) is 9.43. The van der Waals surface area contributed by atoms with Gasteiger partial charge in [0.15, 0.2) is 0 Å². The van der Waals surface area contributed by atoms with Gasteiger partial charge in [-0.1, -0.05) is 24.3 Å². The third-order valence-corrected chi connectivity index (χ3v) is 1.84. The zero-order valence-electron chi connectivity index (χ0n) is 8.38. The Morgan fingerprint density at radius 3 is 2.57 bits per heavy atom. The second-order valence-electron chi connectivity index (χ2n) is 3.37. The molecule has 1 N–H and O–H groups in total. The van der Waals surface area contributed by atoms with E-state index in [9.17, 15) is 0 Å². The first-order chi connectivity index (χ1) is 6.72. The molecule has 0 unspecified atom stereocenters. The van der Waals surface area contributed by atoms with Crippen LogP contribution in [0.1, 0.15) is 18.1 Å². The lowest BCUT2D eigenvalue weighted by Gasteiger charge is -2.03. The van der Waals surface area contributed by atoms with Gasteiger partial charge in [-0.2, -0.15) is 5.26 Å². The highest BCUT2D eigenvalue weighted by molar-refractivity contribution is 5.31. The lowest BCUT2D eigenvalue weighted by molar-refractivity contribution is 0.741. The summed E-state index contributed by atoms with van der Waals surface area (Å²) in [5.74, 6) is 0. The number of hydrogen-bond acceptors (Lipinski definition) is 2. The topological polar surface area (TPSA) is 35.8 Å². The minimum atomic E-state index is 0.702. The van der Waals surface area contributed by atoms with Crippen molar-refractivity contribution in [2.75, 3.05) is 6.54 Å². The molecule has 0 saturated heterocycles. The number of nitriles is 1. The smallest absolute Gasteiger partial charge is 0.0991 e. The molecule has 0 bridgehead atoms. The summed E-state index contributed by atoms with van der Waals surface area (Å²) in [5, 5.41) is 11.9. The molecule has 0 spiro atoms. The van der Waals surface area contributed by atoms with E-state index in [0.29, 0.717) is 5.56 Å². The number of nitrogens with zero attached hydrogens (tertiary/aromatic N) is 1. The van der Waals surface area contributed by atoms with E-state index in [1.54, 1.807) is 0 Å². The van der Waals surface area contributed by atoms with E-state index in [-0.39, 0.29) is 0 Å². The number of rotatable bonds is 4. The summed E-state index contributed by atoms with van der Waals surface area (Å²) in [7, 11) is 0. The zero-order valence-corrected chi connectivity index (χ0v) is 8.38. The van der Waals surface area contributed by atoms with Crippen molar-refractivity contribution in [3.8, 4) is 6.07 Å². The molecule has 0 heterocycles. The van der Waals surface area contributed by atoms with Crippen LogP contribution in [0.4, 0.5) is 0 Å². The van der Waals surface area contributed by atoms with Crippen molar-refractivity contribution in [1.82, 2.24) is 5.32 Å². The van der Waals surface area contributed by atoms with Crippen molar-refractivity contribution in [2.24, 2.45) is 0 Å². The van der Waals surface area contributed by atoms with Crippen LogP contribution in [0.3, 0.4) is 0 Å². The first-order valence-electron chi connectivity index (χ1n) is 4.56. The summed E-state index contributed by atoms with van der Waals surface area (Å²) in [5.41, 5.74) is 3.01. The lowest BCUT2D eigenvalue weighted by Crippen LogP contribution is -2.14. The van der Waals surface area contributed by atoms with Crippen molar-refractivity contribution in [3.05, 3.63) is 47.5 Å². The molecule has 14 heavy (non-hydrogen) atoms. The monoisotopic (exact) mass is 186 g/mol. The number of nitrogens with one attached hydrogen (secondary N) is 1. The molecule has 0 radical (unpaired) electrons. The first-order valence-corrected chi connectivity index (χ1v) is 4.56. The van der Waals surface area contributed by atoms with Crippen LogP contribution in [-0.4, -0.2) is 6.54 Å². The van der Waals surface area contributed by atoms with Crippen molar-refractivity contribution in [2.45, 2.75) is 13.5 Å². The average Bonchev–Trinajstić information content (AvgIpc) is 2.18. The highest BCUT2D eigenvalue weighted by Crippen LogP contribution is 2.02. The Morgan fingerprint density at radius 2 is 2.07 bits per heavy atom. The first kappa shape index (κ1) is 10.5. The third kappa shape index (κ3) is 3.42. The molecule has 0 atom stereocenters. The Bertz CT molecular complexity index is 344. The van der Waals surface area contributed by atoms with E-state index in [0.717, 1.165) is 18.7 Å². The van der Waals surface area contributed by atoms with Crippen LogP contribution < -0.4 is 5.32 Å². The van der Waals surface area contributed by atoms with Gasteiger partial charge in [-0.15, -0.1) is 0 Å². The van der Waals surface area contributed by atoms with Gasteiger partial charge in [0, 0.05) is 13.1 Å². The Morgan fingerprint density at radius 1 is 1.43 bits per heavy atom. The standard InChI is InChI=1S/C12H14N2/c1-10(2)8-14-9-12-5-3-11(7-13)4-6-12/h3-6,14H,1,8-9H2,2H3. The van der Waals surface area contributed by atoms with Crippen LogP contribution >= 0.6 is 0 Å². The minimum absolute atomic E-state index is 0.702. The lowest BCUT2D eigenvalue weighted by atomic mass is 10.1. The molecule has 1 aromatic rings. The van der Waals surface area contributed by atoms with Gasteiger partial charge in [-0.25, -0.2) is 0 Å². The Balaban J connectivity index is 2.45. The minimum Gasteiger partial charge on any atom is -0.309 e. The molecule has 0 aromatic heterocycles. The highest BCUT2D eigenvalue weighted by Gasteiger charge is 1.93. The maximum Gasteiger partial charge on any atom is 0.0991 e. The molecule has 0 amide bonds. The summed E-state index contributed by atoms with van der Waals surface area (Å²) < 4.78 is 0. The van der Waals surface area contributed by atoms with Gasteiger partial charge in [0.25, 0.3) is 0 Å². The van der Waals surface area contributed by atoms with E-state index in [4.69, 9.17) is 5.26 Å². The fourth-order valence-electron chi connectivity index (χ4n) is 1.12. The molecule has 0 aliphatic carbocycles. The second-order valence-corrected chi connectivity index (χ2v) is 3.37. The van der Waals surface area contributed by atoms with Crippen LogP contribution in [0.5, 0.6) is 0 Å². The van der Waals surface area contributed by atoms with Crippen LogP contribution in [0.25, 0.3) is 0 Å². The number of hydrogen-bond donors (Lipinski definition) is 1. The van der Waals surface area contributed by atoms with Gasteiger partial charge in [-0.3, -0.25) is 0 Å². The van der Waals surface area contributed by atoms with Crippen molar-refractivity contribution in [1.29, 1.82) is 5.26 Å². The Hall–Kier alpha value is -1.59. The van der Waals surface area contributed by atoms with E-state index in [2.05, 4.69) is 18.0 Å². The molecule has 2 nitrogen and oxygen atoms in total. The predicted molar refractivity (Wildman–Crippen MR) is 57.7 cm³/mol. The number of benzene rings is 1. The van der Waals surface area contributed by atoms with E-state index >= 15 is 0 Å². The van der Waals surface area contributed by atoms with Gasteiger partial charge < -0.3 is 5.32 Å². The van der Waals surface area contributed by atoms with Crippen molar-refractivity contribution in [3.63, 3.8) is 0 Å². The van der Waals surface area contributed by atoms with Gasteiger partial charge in [0.05, 0.1) is 11.6 Å². The summed E-state index contributed by atoms with van der Waals surface area (Å²) in [6.07, 6.45) is 0. The fraction of sp³-hybridized carbons (Fsp3) is 0.250. The SMILES string of the molecule is C=C(C)CNCc1ccc(C#N)cc1. The maximum atomic E-state index is 8.60. The fourth-order valence-corrected chi connectivity index (χ4v) is 1.12. The molecule has 0 saturated carbocycles. The molecule has 1 rings (SSSR count). The predicted octanol–water partition coefficient (Wildman–Crippen LogP) is 2.22. The van der Waals surface area contributed by atoms with E-state index in [1.165, 1.54) is 5.56 Å². The van der Waals surface area contributed by atoms with Crippen molar-refractivity contribution < 1.29 is 0 Å². The highest BCUT2D eigenvalue weighted by atomic mass is 14.8. The summed E-state index contributed by atoms with van der Waals surface area (Å²) >= 11 is 0. The quantitative estimate of drug-likeness (QED) is 0.732. The molecular weight excluding hydrogens is 172 g/mol. The molecule has 0 aliphatic heterocycles. The maximum absolute atomic E-state index is 8.60. The van der Waals surface area contributed by atoms with Crippen molar-refractivity contribution >= 4 is 0 Å². The van der Waals surface area contributed by atoms with Gasteiger partial charge >= 0.3 is 0 Å². The van der Waals surface area contributed by atoms with E-state index < -0.39 is 0 Å². The third-order valence-electron chi connectivity index (χ3n) is 1.84. The van der Waals surface area contributed by atoms with Gasteiger partial charge in [-0.05, 0) is 24.6 Å². The zero-order chi connectivity index (χ0) is 10.4. The molecule has 1 aromatic carbocycles.